The van der Waals surface area contributed by atoms with Crippen molar-refractivity contribution in [1.82, 2.24) is 10.0 Å². The first-order valence-electron chi connectivity index (χ1n) is 6.84. The average Bonchev–Trinajstić information content (AvgIpc) is 2.86. The van der Waals surface area contributed by atoms with Crippen LogP contribution in [0.15, 0.2) is 29.2 Å². The lowest BCUT2D eigenvalue weighted by atomic mass is 10.2. The minimum atomic E-state index is -3.40. The molecule has 2 rings (SSSR count). The third-order valence-corrected chi connectivity index (χ3v) is 6.24. The number of hydrogen-bond donors (Lipinski definition) is 2. The summed E-state index contributed by atoms with van der Waals surface area (Å²) < 4.78 is 27.6. The second-order valence-corrected chi connectivity index (χ2v) is 8.02. The van der Waals surface area contributed by atoms with Gasteiger partial charge in [-0.3, -0.25) is 0 Å². The van der Waals surface area contributed by atoms with Crippen LogP contribution in [0.1, 0.15) is 24.8 Å². The standard InChI is InChI=1S/C14H22N2O2S2/c1-15-10-11-4-3-5-14(8-11)20(17,18)16-12-6-7-13(9-12)19-2/h3-5,8,12-13,15-16H,6-7,9-10H2,1-2H3. The Hall–Kier alpha value is -0.560. The topological polar surface area (TPSA) is 58.2 Å². The Bertz CT molecular complexity index is 546. The smallest absolute Gasteiger partial charge is 0.240 e. The zero-order chi connectivity index (χ0) is 14.6. The van der Waals surface area contributed by atoms with Crippen LogP contribution in [0.2, 0.25) is 0 Å². The van der Waals surface area contributed by atoms with E-state index in [0.717, 1.165) is 24.8 Å². The molecule has 6 heteroatoms. The van der Waals surface area contributed by atoms with Gasteiger partial charge < -0.3 is 5.32 Å². The van der Waals surface area contributed by atoms with Crippen molar-refractivity contribution < 1.29 is 8.42 Å². The second-order valence-electron chi connectivity index (χ2n) is 5.17. The highest BCUT2D eigenvalue weighted by Gasteiger charge is 2.28. The van der Waals surface area contributed by atoms with Crippen LogP contribution in [0.3, 0.4) is 0 Å². The predicted octanol–water partition coefficient (Wildman–Crippen LogP) is 1.97. The van der Waals surface area contributed by atoms with Gasteiger partial charge >= 0.3 is 0 Å². The zero-order valence-electron chi connectivity index (χ0n) is 11.9. The van der Waals surface area contributed by atoms with Crippen LogP contribution < -0.4 is 10.0 Å². The van der Waals surface area contributed by atoms with Crippen LogP contribution in [-0.4, -0.2) is 33.0 Å². The molecule has 1 aromatic rings. The van der Waals surface area contributed by atoms with E-state index >= 15 is 0 Å². The van der Waals surface area contributed by atoms with E-state index in [4.69, 9.17) is 0 Å². The van der Waals surface area contributed by atoms with E-state index in [2.05, 4.69) is 16.3 Å². The van der Waals surface area contributed by atoms with Gasteiger partial charge in [0.05, 0.1) is 4.90 Å². The fourth-order valence-corrected chi connectivity index (χ4v) is 4.73. The molecular formula is C14H22N2O2S2. The summed E-state index contributed by atoms with van der Waals surface area (Å²) in [6.07, 6.45) is 5.04. The molecule has 0 aliphatic heterocycles. The zero-order valence-corrected chi connectivity index (χ0v) is 13.6. The molecule has 20 heavy (non-hydrogen) atoms. The summed E-state index contributed by atoms with van der Waals surface area (Å²) >= 11 is 1.82. The largest absolute Gasteiger partial charge is 0.316 e. The molecule has 0 saturated heterocycles. The monoisotopic (exact) mass is 314 g/mol. The molecule has 2 atom stereocenters. The number of thioether (sulfide) groups is 1. The van der Waals surface area contributed by atoms with Crippen molar-refractivity contribution in [2.24, 2.45) is 0 Å². The van der Waals surface area contributed by atoms with Gasteiger partial charge in [-0.1, -0.05) is 12.1 Å². The van der Waals surface area contributed by atoms with E-state index in [-0.39, 0.29) is 6.04 Å². The summed E-state index contributed by atoms with van der Waals surface area (Å²) in [5, 5.41) is 3.61. The molecule has 1 aliphatic rings. The van der Waals surface area contributed by atoms with Crippen molar-refractivity contribution in [3.05, 3.63) is 29.8 Å². The van der Waals surface area contributed by atoms with E-state index in [0.29, 0.717) is 16.7 Å². The summed E-state index contributed by atoms with van der Waals surface area (Å²) in [5.74, 6) is 0. The van der Waals surface area contributed by atoms with Crippen molar-refractivity contribution in [3.63, 3.8) is 0 Å². The van der Waals surface area contributed by atoms with Crippen molar-refractivity contribution in [2.45, 2.75) is 42.0 Å². The quantitative estimate of drug-likeness (QED) is 0.843. The number of hydrogen-bond acceptors (Lipinski definition) is 4. The van der Waals surface area contributed by atoms with Gasteiger partial charge in [-0.15, -0.1) is 0 Å². The number of benzene rings is 1. The first-order valence-corrected chi connectivity index (χ1v) is 9.61. The van der Waals surface area contributed by atoms with Gasteiger partial charge in [-0.05, 0) is 50.3 Å². The maximum Gasteiger partial charge on any atom is 0.240 e. The summed E-state index contributed by atoms with van der Waals surface area (Å²) in [6, 6.07) is 7.18. The molecular weight excluding hydrogens is 292 g/mol. The Morgan fingerprint density at radius 1 is 1.35 bits per heavy atom. The number of rotatable bonds is 6. The van der Waals surface area contributed by atoms with Gasteiger partial charge in [0.1, 0.15) is 0 Å². The number of nitrogens with one attached hydrogen (secondary N) is 2. The lowest BCUT2D eigenvalue weighted by molar-refractivity contribution is 0.552. The summed E-state index contributed by atoms with van der Waals surface area (Å²) in [4.78, 5) is 0.359. The van der Waals surface area contributed by atoms with Crippen LogP contribution in [0, 0.1) is 0 Å². The van der Waals surface area contributed by atoms with Crippen molar-refractivity contribution in [3.8, 4) is 0 Å². The molecule has 0 amide bonds. The maximum absolute atomic E-state index is 12.4. The van der Waals surface area contributed by atoms with E-state index in [9.17, 15) is 8.42 Å². The molecule has 1 aromatic carbocycles. The summed E-state index contributed by atoms with van der Waals surface area (Å²) in [7, 11) is -1.56. The predicted molar refractivity (Wildman–Crippen MR) is 84.5 cm³/mol. The Labute approximate surface area is 125 Å². The highest BCUT2D eigenvalue weighted by Crippen LogP contribution is 2.29. The lowest BCUT2D eigenvalue weighted by Gasteiger charge is -2.14. The molecule has 2 unspecified atom stereocenters. The normalized spacial score (nSPS) is 23.1. The van der Waals surface area contributed by atoms with E-state index in [1.54, 1.807) is 18.2 Å². The van der Waals surface area contributed by atoms with E-state index < -0.39 is 10.0 Å². The molecule has 0 spiro atoms. The molecule has 1 aliphatic carbocycles. The minimum Gasteiger partial charge on any atom is -0.316 e. The van der Waals surface area contributed by atoms with Crippen molar-refractivity contribution >= 4 is 21.8 Å². The molecule has 2 N–H and O–H groups in total. The highest BCUT2D eigenvalue weighted by atomic mass is 32.2. The van der Waals surface area contributed by atoms with Gasteiger partial charge in [-0.25, -0.2) is 13.1 Å². The lowest BCUT2D eigenvalue weighted by Crippen LogP contribution is -2.33. The van der Waals surface area contributed by atoms with Crippen LogP contribution in [-0.2, 0) is 16.6 Å². The Balaban J connectivity index is 2.08. The van der Waals surface area contributed by atoms with Crippen LogP contribution in [0.5, 0.6) is 0 Å². The molecule has 0 heterocycles. The van der Waals surface area contributed by atoms with Gasteiger partial charge in [0, 0.05) is 17.8 Å². The highest BCUT2D eigenvalue weighted by molar-refractivity contribution is 7.99. The Kier molecular flexibility index (Phi) is 5.49. The minimum absolute atomic E-state index is 0.0745. The van der Waals surface area contributed by atoms with Crippen LogP contribution in [0.4, 0.5) is 0 Å². The first-order chi connectivity index (χ1) is 9.55. The average molecular weight is 314 g/mol. The van der Waals surface area contributed by atoms with Gasteiger partial charge in [-0.2, -0.15) is 11.8 Å². The summed E-state index contributed by atoms with van der Waals surface area (Å²) in [6.45, 7) is 0.668. The molecule has 4 nitrogen and oxygen atoms in total. The summed E-state index contributed by atoms with van der Waals surface area (Å²) in [5.41, 5.74) is 0.976. The Morgan fingerprint density at radius 3 is 2.80 bits per heavy atom. The third-order valence-electron chi connectivity index (χ3n) is 3.63. The van der Waals surface area contributed by atoms with E-state index in [1.165, 1.54) is 0 Å². The van der Waals surface area contributed by atoms with Crippen molar-refractivity contribution in [2.75, 3.05) is 13.3 Å². The van der Waals surface area contributed by atoms with E-state index in [1.807, 2.05) is 24.9 Å². The fourth-order valence-electron chi connectivity index (χ4n) is 2.58. The number of sulfonamides is 1. The van der Waals surface area contributed by atoms with Crippen molar-refractivity contribution in [1.29, 1.82) is 0 Å². The Morgan fingerprint density at radius 2 is 2.15 bits per heavy atom. The van der Waals surface area contributed by atoms with Crippen LogP contribution in [0.25, 0.3) is 0 Å². The fraction of sp³-hybridized carbons (Fsp3) is 0.571. The molecule has 0 bridgehead atoms. The molecule has 1 saturated carbocycles. The maximum atomic E-state index is 12.4. The third kappa shape index (κ3) is 3.97. The molecule has 0 radical (unpaired) electrons. The van der Waals surface area contributed by atoms with Gasteiger partial charge in [0.2, 0.25) is 10.0 Å². The molecule has 112 valence electrons. The van der Waals surface area contributed by atoms with Gasteiger partial charge in [0.15, 0.2) is 0 Å². The second kappa shape index (κ2) is 6.93. The van der Waals surface area contributed by atoms with Crippen LogP contribution >= 0.6 is 11.8 Å². The molecule has 0 aromatic heterocycles. The van der Waals surface area contributed by atoms with Gasteiger partial charge in [0.25, 0.3) is 0 Å². The SMILES string of the molecule is CNCc1cccc(S(=O)(=O)NC2CCC(SC)C2)c1. The first kappa shape index (κ1) is 15.8. The molecule has 1 fully saturated rings.